The average molecular weight is 1070 g/mol. The monoisotopic (exact) mass is 1070 g/mol. The highest BCUT2D eigenvalue weighted by Gasteiger charge is 2.51. The van der Waals surface area contributed by atoms with E-state index < -0.39 is 47.0 Å². The van der Waals surface area contributed by atoms with Gasteiger partial charge in [-0.3, -0.25) is 9.59 Å². The molecule has 400 valence electrons. The number of primary amides is 2. The number of anilines is 2. The maximum atomic E-state index is 13.1. The number of nitrogens with zero attached hydrogens (tertiary/aromatic N) is 4. The van der Waals surface area contributed by atoms with Crippen molar-refractivity contribution in [1.29, 1.82) is 0 Å². The first-order valence-corrected chi connectivity index (χ1v) is 24.0. The minimum atomic E-state index is -0.900. The number of amides is 2. The van der Waals surface area contributed by atoms with Crippen molar-refractivity contribution in [1.82, 2.24) is 19.9 Å². The molecular formula is C54H61BClF2N8O10+. The molecule has 0 unspecified atom stereocenters. The summed E-state index contributed by atoms with van der Waals surface area (Å²) in [6.07, 6.45) is 0. The topological polar surface area (TPSA) is 251 Å². The summed E-state index contributed by atoms with van der Waals surface area (Å²) in [5.74, 6) is -0.126. The third kappa shape index (κ3) is 17.9. The highest BCUT2D eigenvalue weighted by Crippen LogP contribution is 2.37. The Bertz CT molecular complexity index is 2960. The molecule has 1 aliphatic rings. The van der Waals surface area contributed by atoms with Crippen LogP contribution in [0, 0.1) is 18.6 Å². The summed E-state index contributed by atoms with van der Waals surface area (Å²) in [5.41, 5.74) is 9.65. The molecule has 2 amide bonds. The number of esters is 2. The lowest BCUT2D eigenvalue weighted by atomic mass is 9.79. The van der Waals surface area contributed by atoms with Crippen LogP contribution in [0.4, 0.5) is 20.4 Å². The van der Waals surface area contributed by atoms with Gasteiger partial charge in [-0.1, -0.05) is 12.1 Å². The lowest BCUT2D eigenvalue weighted by Crippen LogP contribution is -2.41. The first-order valence-electron chi connectivity index (χ1n) is 23.7. The van der Waals surface area contributed by atoms with Crippen LogP contribution in [0.15, 0.2) is 109 Å². The van der Waals surface area contributed by atoms with E-state index in [9.17, 15) is 28.0 Å². The molecular weight excluding hydrogens is 1000 g/mol. The molecule has 18 nitrogen and oxygen atoms in total. The van der Waals surface area contributed by atoms with Gasteiger partial charge in [-0.2, -0.15) is 0 Å². The van der Waals surface area contributed by atoms with E-state index in [0.29, 0.717) is 28.6 Å². The van der Waals surface area contributed by atoms with Crippen molar-refractivity contribution in [3.63, 3.8) is 0 Å². The minimum Gasteiger partial charge on any atom is -0.457 e. The Balaban J connectivity index is 0.000000219. The number of aromatic nitrogens is 4. The maximum absolute atomic E-state index is 13.1. The van der Waals surface area contributed by atoms with Gasteiger partial charge < -0.3 is 50.4 Å². The molecule has 76 heavy (non-hydrogen) atoms. The van der Waals surface area contributed by atoms with Crippen molar-refractivity contribution in [3.05, 3.63) is 144 Å². The molecule has 0 saturated carbocycles. The Labute approximate surface area is 445 Å². The zero-order chi connectivity index (χ0) is 56.3. The van der Waals surface area contributed by atoms with Crippen LogP contribution in [-0.4, -0.2) is 85.3 Å². The Kier molecular flexibility index (Phi) is 19.1. The third-order valence-corrected chi connectivity index (χ3v) is 11.0. The summed E-state index contributed by atoms with van der Waals surface area (Å²) >= 11 is 5.73. The molecule has 1 saturated heterocycles. The van der Waals surface area contributed by atoms with Crippen molar-refractivity contribution >= 4 is 59.6 Å². The molecule has 6 N–H and O–H groups in total. The number of hydrogen-bond donors (Lipinski definition) is 4. The third-order valence-electron chi connectivity index (χ3n) is 10.8. The number of rotatable bonds is 15. The zero-order valence-electron chi connectivity index (χ0n) is 44.0. The number of carbonyl (C=O) groups excluding carboxylic acids is 4. The SMILES string of the molecule is CC1(C)OB(c2ccc(Oc3ccc(F)cc3)cc2)OC1(C)C.C[C@H](Nc1cc(C(=O)OC(C)(C)C)nc(-c2ccc(Oc3ccc(F)cc3)cc2)n1)C(N)=O.[CH2+]C(C)(C)OC(=O)c1cc(N[C@@H](C)C(N)=O)nc(Cl)n1. The normalized spacial score (nSPS) is 14.3. The number of carbonyl (C=O) groups is 4. The van der Waals surface area contributed by atoms with Gasteiger partial charge in [0.15, 0.2) is 17.2 Å². The molecule has 6 aromatic rings. The molecule has 0 radical (unpaired) electrons. The maximum Gasteiger partial charge on any atom is 0.494 e. The first-order chi connectivity index (χ1) is 35.3. The summed E-state index contributed by atoms with van der Waals surface area (Å²) in [5, 5.41) is 5.42. The van der Waals surface area contributed by atoms with Gasteiger partial charge in [0.1, 0.15) is 70.9 Å². The zero-order valence-corrected chi connectivity index (χ0v) is 44.7. The molecule has 1 aliphatic heterocycles. The molecule has 3 heterocycles. The van der Waals surface area contributed by atoms with Crippen molar-refractivity contribution in [2.75, 3.05) is 10.6 Å². The van der Waals surface area contributed by atoms with Gasteiger partial charge >= 0.3 is 19.1 Å². The van der Waals surface area contributed by atoms with Crippen LogP contribution >= 0.6 is 11.6 Å². The van der Waals surface area contributed by atoms with Crippen LogP contribution in [0.25, 0.3) is 11.4 Å². The van der Waals surface area contributed by atoms with Crippen LogP contribution in [0.5, 0.6) is 23.0 Å². The highest BCUT2D eigenvalue weighted by atomic mass is 35.5. The highest BCUT2D eigenvalue weighted by molar-refractivity contribution is 6.62. The van der Waals surface area contributed by atoms with E-state index in [1.165, 1.54) is 48.5 Å². The van der Waals surface area contributed by atoms with Crippen molar-refractivity contribution < 1.29 is 56.2 Å². The van der Waals surface area contributed by atoms with Gasteiger partial charge in [0, 0.05) is 31.5 Å². The summed E-state index contributed by atoms with van der Waals surface area (Å²) in [4.78, 5) is 63.3. The molecule has 1 fully saturated rings. The number of nitrogens with two attached hydrogens (primary N) is 2. The lowest BCUT2D eigenvalue weighted by Gasteiger charge is -2.32. The fourth-order valence-corrected chi connectivity index (χ4v) is 6.37. The molecule has 7 rings (SSSR count). The number of nitrogens with one attached hydrogen (secondary N) is 2. The predicted molar refractivity (Wildman–Crippen MR) is 284 cm³/mol. The Morgan fingerprint density at radius 3 is 1.41 bits per heavy atom. The van der Waals surface area contributed by atoms with Crippen LogP contribution in [0.3, 0.4) is 0 Å². The predicted octanol–water partition coefficient (Wildman–Crippen LogP) is 9.42. The first kappa shape index (κ1) is 59.0. The largest absolute Gasteiger partial charge is 0.494 e. The second kappa shape index (κ2) is 24.6. The Hall–Kier alpha value is -7.88. The van der Waals surface area contributed by atoms with Crippen LogP contribution < -0.4 is 37.0 Å². The van der Waals surface area contributed by atoms with Gasteiger partial charge in [-0.25, -0.2) is 38.3 Å². The summed E-state index contributed by atoms with van der Waals surface area (Å²) in [6, 6.07) is 27.3. The van der Waals surface area contributed by atoms with Gasteiger partial charge in [0.05, 0.1) is 11.2 Å². The molecule has 0 spiro atoms. The van der Waals surface area contributed by atoms with Crippen molar-refractivity contribution in [3.8, 4) is 34.4 Å². The number of benzene rings is 4. The van der Waals surface area contributed by atoms with E-state index in [-0.39, 0.29) is 64.1 Å². The van der Waals surface area contributed by atoms with E-state index in [2.05, 4.69) is 37.5 Å². The Morgan fingerprint density at radius 2 is 1.00 bits per heavy atom. The molecule has 0 bridgehead atoms. The van der Waals surface area contributed by atoms with E-state index >= 15 is 0 Å². The minimum absolute atomic E-state index is 0.0285. The van der Waals surface area contributed by atoms with Crippen molar-refractivity contribution in [2.24, 2.45) is 11.5 Å². The molecule has 0 aliphatic carbocycles. The Morgan fingerprint density at radius 1 is 0.618 bits per heavy atom. The van der Waals surface area contributed by atoms with E-state index in [1.54, 1.807) is 84.9 Å². The number of hydrogen-bond acceptors (Lipinski definition) is 16. The summed E-state index contributed by atoms with van der Waals surface area (Å²) in [6.45, 7) is 23.4. The summed E-state index contributed by atoms with van der Waals surface area (Å²) in [7, 11) is -0.389. The smallest absolute Gasteiger partial charge is 0.457 e. The van der Waals surface area contributed by atoms with E-state index in [0.717, 1.165) is 5.46 Å². The van der Waals surface area contributed by atoms with E-state index in [1.807, 2.05) is 52.0 Å². The second-order valence-corrected chi connectivity index (χ2v) is 20.2. The standard InChI is InChI=1S/C24H25FN4O4.C18H20BFO3.C12H15ClN4O3/c1-14(21(26)30)27-20-13-19(23(31)33-24(2,3)4)28-22(29-20)15-5-9-17(10-6-15)32-18-11-7-16(25)8-12-18;1-17(2)18(3,4)23-19(22-17)13-5-9-15(10-6-13)21-16-11-7-14(20)8-12-16;1-6(9(14)18)15-8-5-7(16-11(13)17-8)10(19)20-12(2,3)4/h5-14H,1-4H3,(H2,26,30)(H,27,28,29);5-12H,1-4H3;5-6H,2H2,1,3-4H3,(H2-,14,15,16,17,18)/p+1/t14-;;6-/m0.0/s1. The fourth-order valence-electron chi connectivity index (χ4n) is 6.19. The van der Waals surface area contributed by atoms with Crippen LogP contribution in [0.1, 0.15) is 97.1 Å². The molecule has 22 heteroatoms. The van der Waals surface area contributed by atoms with Crippen molar-refractivity contribution in [2.45, 2.75) is 111 Å². The van der Waals surface area contributed by atoms with Crippen LogP contribution in [0.2, 0.25) is 5.28 Å². The summed E-state index contributed by atoms with van der Waals surface area (Å²) < 4.78 is 59.9. The average Bonchev–Trinajstić information content (AvgIpc) is 3.55. The fraction of sp³-hybridized carbons (Fsp3) is 0.315. The van der Waals surface area contributed by atoms with E-state index in [4.69, 9.17) is 51.3 Å². The number of ether oxygens (including phenoxy) is 4. The van der Waals surface area contributed by atoms with Crippen LogP contribution in [-0.2, 0) is 28.4 Å². The van der Waals surface area contributed by atoms with Gasteiger partial charge in [0.2, 0.25) is 22.7 Å². The van der Waals surface area contributed by atoms with Gasteiger partial charge in [0.25, 0.3) is 0 Å². The second-order valence-electron chi connectivity index (χ2n) is 19.9. The van der Waals surface area contributed by atoms with Gasteiger partial charge in [-0.05, 0) is 164 Å². The molecule has 2 aromatic heterocycles. The quantitative estimate of drug-likeness (QED) is 0.0323. The molecule has 4 aromatic carbocycles. The molecule has 2 atom stereocenters. The lowest BCUT2D eigenvalue weighted by molar-refractivity contribution is -0.119. The van der Waals surface area contributed by atoms with Gasteiger partial charge in [-0.15, -0.1) is 0 Å². The number of halogens is 3.